The Morgan fingerprint density at radius 1 is 1.19 bits per heavy atom. The van der Waals surface area contributed by atoms with E-state index in [9.17, 15) is 13.6 Å². The van der Waals surface area contributed by atoms with E-state index in [-0.39, 0.29) is 36.5 Å². The fourth-order valence-corrected chi connectivity index (χ4v) is 4.69. The maximum atomic E-state index is 13.0. The lowest BCUT2D eigenvalue weighted by atomic mass is 10.1. The van der Waals surface area contributed by atoms with E-state index in [2.05, 4.69) is 29.8 Å². The summed E-state index contributed by atoms with van der Waals surface area (Å²) in [5, 5.41) is 6.97. The van der Waals surface area contributed by atoms with Crippen LogP contribution in [0.5, 0.6) is 11.5 Å². The Morgan fingerprint density at radius 3 is 2.64 bits per heavy atom. The van der Waals surface area contributed by atoms with Crippen LogP contribution in [0.25, 0.3) is 22.2 Å². The first kappa shape index (κ1) is 26.3. The van der Waals surface area contributed by atoms with Crippen molar-refractivity contribution >= 4 is 19.0 Å². The highest BCUT2D eigenvalue weighted by molar-refractivity contribution is 6.76. The van der Waals surface area contributed by atoms with Crippen LogP contribution in [0.4, 0.5) is 8.78 Å². The number of alkyl halides is 2. The monoisotopic (exact) mass is 521 g/mol. The van der Waals surface area contributed by atoms with Crippen LogP contribution >= 0.6 is 0 Å². The van der Waals surface area contributed by atoms with Crippen LogP contribution in [0.15, 0.2) is 29.2 Å². The second-order valence-corrected chi connectivity index (χ2v) is 15.7. The molecule has 1 aliphatic rings. The van der Waals surface area contributed by atoms with Crippen molar-refractivity contribution in [2.24, 2.45) is 0 Å². The van der Waals surface area contributed by atoms with Gasteiger partial charge in [0, 0.05) is 32.4 Å². The van der Waals surface area contributed by atoms with Crippen LogP contribution in [-0.4, -0.2) is 48.8 Å². The van der Waals surface area contributed by atoms with Gasteiger partial charge in [-0.2, -0.15) is 13.9 Å². The van der Waals surface area contributed by atoms with E-state index < -0.39 is 14.7 Å². The summed E-state index contributed by atoms with van der Waals surface area (Å²) in [5.74, 6) is 0.210. The molecule has 36 heavy (non-hydrogen) atoms. The first-order valence-electron chi connectivity index (χ1n) is 12.2. The molecule has 0 amide bonds. The molecule has 1 fully saturated rings. The van der Waals surface area contributed by atoms with Crippen LogP contribution in [0, 0.1) is 0 Å². The van der Waals surface area contributed by atoms with Gasteiger partial charge in [-0.05, 0) is 44.0 Å². The van der Waals surface area contributed by atoms with Gasteiger partial charge in [0.1, 0.15) is 6.73 Å². The number of halogens is 2. The Morgan fingerprint density at radius 2 is 1.97 bits per heavy atom. The number of rotatable bonds is 13. The largest absolute Gasteiger partial charge is 0.487 e. The quantitative estimate of drug-likeness (QED) is 0.240. The molecule has 4 rings (SSSR count). The van der Waals surface area contributed by atoms with Crippen molar-refractivity contribution < 1.29 is 27.7 Å². The van der Waals surface area contributed by atoms with E-state index in [1.807, 2.05) is 11.5 Å². The van der Waals surface area contributed by atoms with Crippen molar-refractivity contribution in [3.8, 4) is 22.8 Å². The molecule has 11 heteroatoms. The molecule has 196 valence electrons. The van der Waals surface area contributed by atoms with Crippen molar-refractivity contribution in [2.45, 2.75) is 71.5 Å². The topological polar surface area (TPSA) is 87.6 Å². The fraction of sp³-hybridized carbons (Fsp3) is 0.520. The average molecular weight is 522 g/mol. The van der Waals surface area contributed by atoms with Crippen molar-refractivity contribution in [2.75, 3.05) is 13.2 Å². The van der Waals surface area contributed by atoms with Crippen LogP contribution < -0.4 is 15.0 Å². The predicted octanol–water partition coefficient (Wildman–Crippen LogP) is 5.38. The first-order valence-corrected chi connectivity index (χ1v) is 15.9. The number of hydrogen-bond acceptors (Lipinski definition) is 6. The third kappa shape index (κ3) is 6.32. The Hall–Kier alpha value is -2.76. The molecule has 8 nitrogen and oxygen atoms in total. The molecule has 0 radical (unpaired) electrons. The molecular weight excluding hydrogens is 488 g/mol. The standard InChI is InChI=1S/C25H33F2N3O5Si/c1-5-32-14-18-22-19(13-28-29-24(22)31)30(15-33-10-11-36(2,3)4)23(18)16-6-9-20(35-25(26)27)21(12-16)34-17-7-8-17/h6,9,12-13,17,25H,5,7-8,10-11,14-15H2,1-4H3,(H,29,31). The first-order chi connectivity index (χ1) is 17.2. The lowest BCUT2D eigenvalue weighted by Gasteiger charge is -2.18. The number of aromatic amines is 1. The van der Waals surface area contributed by atoms with Crippen molar-refractivity contribution in [1.82, 2.24) is 14.8 Å². The molecule has 1 aliphatic carbocycles. The summed E-state index contributed by atoms with van der Waals surface area (Å²) in [6.07, 6.45) is 3.29. The lowest BCUT2D eigenvalue weighted by molar-refractivity contribution is -0.0516. The van der Waals surface area contributed by atoms with Gasteiger partial charge < -0.3 is 23.5 Å². The molecule has 0 bridgehead atoms. The van der Waals surface area contributed by atoms with Gasteiger partial charge in [0.15, 0.2) is 11.5 Å². The molecule has 0 saturated heterocycles. The summed E-state index contributed by atoms with van der Waals surface area (Å²) in [7, 11) is -1.30. The highest BCUT2D eigenvalue weighted by atomic mass is 28.3. The molecule has 2 aromatic heterocycles. The second kappa shape index (κ2) is 11.1. The highest BCUT2D eigenvalue weighted by Gasteiger charge is 2.27. The zero-order valence-electron chi connectivity index (χ0n) is 21.1. The molecule has 0 atom stereocenters. The Balaban J connectivity index is 1.83. The summed E-state index contributed by atoms with van der Waals surface area (Å²) in [4.78, 5) is 12.9. The minimum absolute atomic E-state index is 0.0223. The molecule has 0 spiro atoms. The van der Waals surface area contributed by atoms with Crippen LogP contribution in [0.1, 0.15) is 25.3 Å². The third-order valence-corrected chi connectivity index (χ3v) is 7.61. The van der Waals surface area contributed by atoms with Gasteiger partial charge in [-0.15, -0.1) is 0 Å². The fourth-order valence-electron chi connectivity index (χ4n) is 3.94. The summed E-state index contributed by atoms with van der Waals surface area (Å²) in [6.45, 7) is 7.17. The number of hydrogen-bond donors (Lipinski definition) is 1. The van der Waals surface area contributed by atoms with Crippen molar-refractivity contribution in [1.29, 1.82) is 0 Å². The van der Waals surface area contributed by atoms with E-state index >= 15 is 0 Å². The number of fused-ring (bicyclic) bond motifs is 1. The van der Waals surface area contributed by atoms with Gasteiger partial charge in [0.2, 0.25) is 0 Å². The SMILES string of the molecule is CCOCc1c(-c2ccc(OC(F)F)c(OC3CC3)c2)n(COCC[Si](C)(C)C)c2cn[nH]c(=O)c12. The Kier molecular flexibility index (Phi) is 8.11. The van der Waals surface area contributed by atoms with E-state index in [0.29, 0.717) is 40.9 Å². The van der Waals surface area contributed by atoms with Gasteiger partial charge in [-0.3, -0.25) is 4.79 Å². The number of ether oxygens (including phenoxy) is 4. The minimum Gasteiger partial charge on any atom is -0.487 e. The van der Waals surface area contributed by atoms with E-state index in [4.69, 9.17) is 18.9 Å². The number of aromatic nitrogens is 3. The zero-order valence-corrected chi connectivity index (χ0v) is 22.1. The molecule has 1 saturated carbocycles. The smallest absolute Gasteiger partial charge is 0.387 e. The van der Waals surface area contributed by atoms with Crippen LogP contribution in [0.3, 0.4) is 0 Å². The molecule has 1 aromatic carbocycles. The molecule has 3 aromatic rings. The molecular formula is C25H33F2N3O5Si. The molecule has 1 N–H and O–H groups in total. The number of benzene rings is 1. The van der Waals surface area contributed by atoms with Crippen LogP contribution in [-0.2, 0) is 22.8 Å². The Bertz CT molecular complexity index is 1250. The number of nitrogens with one attached hydrogen (secondary N) is 1. The van der Waals surface area contributed by atoms with Gasteiger partial charge in [-0.1, -0.05) is 19.6 Å². The molecule has 0 unspecified atom stereocenters. The molecule has 0 aliphatic heterocycles. The van der Waals surface area contributed by atoms with Gasteiger partial charge in [0.25, 0.3) is 5.56 Å². The van der Waals surface area contributed by atoms with Gasteiger partial charge in [-0.25, -0.2) is 5.10 Å². The Labute approximate surface area is 209 Å². The highest BCUT2D eigenvalue weighted by Crippen LogP contribution is 2.40. The third-order valence-electron chi connectivity index (χ3n) is 5.90. The average Bonchev–Trinajstić information content (AvgIpc) is 3.56. The second-order valence-electron chi connectivity index (χ2n) is 10.1. The van der Waals surface area contributed by atoms with E-state index in [1.54, 1.807) is 18.3 Å². The minimum atomic E-state index is -2.97. The summed E-state index contributed by atoms with van der Waals surface area (Å²) < 4.78 is 50.4. The van der Waals surface area contributed by atoms with Gasteiger partial charge in [0.05, 0.1) is 35.5 Å². The molecule has 2 heterocycles. The summed E-state index contributed by atoms with van der Waals surface area (Å²) in [5.41, 5.74) is 2.30. The van der Waals surface area contributed by atoms with Crippen molar-refractivity contribution in [3.63, 3.8) is 0 Å². The lowest BCUT2D eigenvalue weighted by Crippen LogP contribution is -2.22. The predicted molar refractivity (Wildman–Crippen MR) is 136 cm³/mol. The zero-order chi connectivity index (χ0) is 25.9. The number of nitrogens with zero attached hydrogens (tertiary/aromatic N) is 2. The maximum absolute atomic E-state index is 13.0. The van der Waals surface area contributed by atoms with Crippen LogP contribution in [0.2, 0.25) is 25.7 Å². The van der Waals surface area contributed by atoms with E-state index in [1.165, 1.54) is 6.07 Å². The normalized spacial score (nSPS) is 14.1. The van der Waals surface area contributed by atoms with Crippen molar-refractivity contribution in [3.05, 3.63) is 40.3 Å². The maximum Gasteiger partial charge on any atom is 0.387 e. The summed E-state index contributed by atoms with van der Waals surface area (Å²) >= 11 is 0. The van der Waals surface area contributed by atoms with E-state index in [0.717, 1.165) is 18.9 Å². The van der Waals surface area contributed by atoms with Gasteiger partial charge >= 0.3 is 6.61 Å². The number of H-pyrrole nitrogens is 1. The summed E-state index contributed by atoms with van der Waals surface area (Å²) in [6, 6.07) is 5.83.